The van der Waals surface area contributed by atoms with Crippen molar-refractivity contribution in [3.63, 3.8) is 0 Å². The Bertz CT molecular complexity index is 1380. The van der Waals surface area contributed by atoms with Gasteiger partial charge in [0.2, 0.25) is 0 Å². The zero-order valence-electron chi connectivity index (χ0n) is 23.9. The van der Waals surface area contributed by atoms with Gasteiger partial charge in [-0.05, 0) is 63.3 Å². The lowest BCUT2D eigenvalue weighted by molar-refractivity contribution is 0.0218. The summed E-state index contributed by atoms with van der Waals surface area (Å²) < 4.78 is 43.8. The average Bonchev–Trinajstić information content (AvgIpc) is 3.50. The van der Waals surface area contributed by atoms with Crippen molar-refractivity contribution in [1.82, 2.24) is 24.5 Å². The highest BCUT2D eigenvalue weighted by atomic mass is 19.3. The number of halogens is 2. The first-order valence-electron chi connectivity index (χ1n) is 13.9. The number of alkyl halides is 2. The highest BCUT2D eigenvalue weighted by Gasteiger charge is 2.34. The number of nitrogens with zero attached hydrogens (tertiary/aromatic N) is 6. The number of carbonyl (C=O) groups is 1. The topological polar surface area (TPSA) is 77.7 Å². The van der Waals surface area contributed by atoms with E-state index < -0.39 is 12.0 Å². The Kier molecular flexibility index (Phi) is 7.85. The number of fused-ring (bicyclic) bond motifs is 2. The van der Waals surface area contributed by atoms with E-state index >= 15 is 0 Å². The number of hydrogen-bond donors (Lipinski definition) is 0. The summed E-state index contributed by atoms with van der Waals surface area (Å²) in [5.74, 6) is 0.679. The van der Waals surface area contributed by atoms with Crippen LogP contribution < -0.4 is 4.90 Å². The van der Waals surface area contributed by atoms with Crippen LogP contribution in [0.5, 0.6) is 0 Å². The summed E-state index contributed by atoms with van der Waals surface area (Å²) in [5, 5.41) is 9.14. The van der Waals surface area contributed by atoms with Crippen molar-refractivity contribution in [3.05, 3.63) is 46.9 Å². The molecule has 9 nitrogen and oxygen atoms in total. The predicted octanol–water partition coefficient (Wildman–Crippen LogP) is 5.98. The van der Waals surface area contributed by atoms with Crippen molar-refractivity contribution < 1.29 is 23.0 Å². The quantitative estimate of drug-likeness (QED) is 0.333. The van der Waals surface area contributed by atoms with Gasteiger partial charge in [-0.3, -0.25) is 4.68 Å². The fourth-order valence-corrected chi connectivity index (χ4v) is 5.43. The molecule has 5 rings (SSSR count). The minimum Gasteiger partial charge on any atom is -0.444 e. The zero-order valence-corrected chi connectivity index (χ0v) is 23.9. The van der Waals surface area contributed by atoms with E-state index in [1.54, 1.807) is 35.1 Å². The number of amides is 1. The lowest BCUT2D eigenvalue weighted by Crippen LogP contribution is -2.40. The Morgan fingerprint density at radius 1 is 1.18 bits per heavy atom. The molecule has 40 heavy (non-hydrogen) atoms. The van der Waals surface area contributed by atoms with Crippen LogP contribution in [0.4, 0.5) is 25.1 Å². The third-order valence-electron chi connectivity index (χ3n) is 7.20. The summed E-state index contributed by atoms with van der Waals surface area (Å²) in [6, 6.07) is 3.48. The number of aryl methyl sites for hydroxylation is 2. The maximum Gasteiger partial charge on any atom is 0.410 e. The van der Waals surface area contributed by atoms with Crippen LogP contribution in [-0.2, 0) is 42.6 Å². The Balaban J connectivity index is 1.56. The maximum absolute atomic E-state index is 14.4. The van der Waals surface area contributed by atoms with E-state index in [0.717, 1.165) is 41.8 Å². The molecule has 0 fully saturated rings. The van der Waals surface area contributed by atoms with Crippen LogP contribution in [0.3, 0.4) is 0 Å². The van der Waals surface area contributed by atoms with Gasteiger partial charge in [0.05, 0.1) is 18.4 Å². The molecule has 1 amide bonds. The van der Waals surface area contributed by atoms with Gasteiger partial charge in [0.1, 0.15) is 12.3 Å². The monoisotopic (exact) mass is 556 g/mol. The van der Waals surface area contributed by atoms with E-state index in [9.17, 15) is 13.6 Å². The van der Waals surface area contributed by atoms with Crippen LogP contribution in [0.1, 0.15) is 69.3 Å². The molecule has 216 valence electrons. The van der Waals surface area contributed by atoms with E-state index in [1.807, 2.05) is 43.3 Å². The molecule has 0 saturated carbocycles. The summed E-state index contributed by atoms with van der Waals surface area (Å²) in [5.41, 5.74) is 4.14. The molecule has 1 aromatic carbocycles. The molecule has 0 radical (unpaired) electrons. The van der Waals surface area contributed by atoms with E-state index in [4.69, 9.17) is 14.6 Å². The molecule has 2 aliphatic rings. The fraction of sp³-hybridized carbons (Fsp3) is 0.552. The second kappa shape index (κ2) is 11.2. The second-order valence-electron chi connectivity index (χ2n) is 11.5. The molecule has 0 atom stereocenters. The normalized spacial score (nSPS) is 15.4. The van der Waals surface area contributed by atoms with Crippen LogP contribution in [0.25, 0.3) is 11.1 Å². The molecule has 11 heteroatoms. The van der Waals surface area contributed by atoms with Gasteiger partial charge in [-0.2, -0.15) is 10.2 Å². The van der Waals surface area contributed by atoms with Gasteiger partial charge in [0, 0.05) is 61.7 Å². The molecule has 0 aliphatic carbocycles. The Labute approximate surface area is 233 Å². The van der Waals surface area contributed by atoms with Crippen LogP contribution in [0.15, 0.2) is 24.5 Å². The van der Waals surface area contributed by atoms with Gasteiger partial charge in [-0.15, -0.1) is 0 Å². The van der Waals surface area contributed by atoms with Gasteiger partial charge in [-0.25, -0.2) is 18.3 Å². The number of hydrogen-bond acceptors (Lipinski definition) is 6. The van der Waals surface area contributed by atoms with E-state index in [2.05, 4.69) is 5.10 Å². The molecule has 4 heterocycles. The Morgan fingerprint density at radius 3 is 2.65 bits per heavy atom. The van der Waals surface area contributed by atoms with Crippen LogP contribution in [-0.4, -0.2) is 55.9 Å². The third-order valence-corrected chi connectivity index (χ3v) is 7.20. The minimum atomic E-state index is -2.65. The van der Waals surface area contributed by atoms with Crippen molar-refractivity contribution in [3.8, 4) is 11.1 Å². The number of rotatable bonds is 7. The lowest BCUT2D eigenvalue weighted by Gasteiger charge is -2.34. The van der Waals surface area contributed by atoms with E-state index in [-0.39, 0.29) is 11.7 Å². The number of anilines is 2. The zero-order chi connectivity index (χ0) is 28.6. The van der Waals surface area contributed by atoms with Crippen molar-refractivity contribution in [2.24, 2.45) is 7.05 Å². The molecule has 0 spiro atoms. The van der Waals surface area contributed by atoms with E-state index in [1.165, 1.54) is 0 Å². The molecule has 0 unspecified atom stereocenters. The highest BCUT2D eigenvalue weighted by molar-refractivity contribution is 5.77. The molecule has 2 aliphatic heterocycles. The largest absolute Gasteiger partial charge is 0.444 e. The van der Waals surface area contributed by atoms with E-state index in [0.29, 0.717) is 56.3 Å². The molecule has 0 N–H and O–H groups in total. The first-order valence-corrected chi connectivity index (χ1v) is 13.9. The highest BCUT2D eigenvalue weighted by Crippen LogP contribution is 2.43. The molecular formula is C29H38F2N6O3. The van der Waals surface area contributed by atoms with Crippen molar-refractivity contribution in [2.45, 2.75) is 78.7 Å². The van der Waals surface area contributed by atoms with Gasteiger partial charge < -0.3 is 19.3 Å². The summed E-state index contributed by atoms with van der Waals surface area (Å²) in [6.07, 6.45) is 3.45. The SMILES string of the molecule is CCCOCn1nc(N2CCCc3cc(-c4cnn(C)c4)c(C(F)F)cc32)c2c1CCN(C(=O)OC(C)(C)C)C2. The Morgan fingerprint density at radius 2 is 1.98 bits per heavy atom. The fourth-order valence-electron chi connectivity index (χ4n) is 5.43. The molecule has 2 aromatic heterocycles. The summed E-state index contributed by atoms with van der Waals surface area (Å²) in [7, 11) is 1.77. The van der Waals surface area contributed by atoms with Crippen molar-refractivity contribution in [1.29, 1.82) is 0 Å². The van der Waals surface area contributed by atoms with Crippen molar-refractivity contribution >= 4 is 17.6 Å². The summed E-state index contributed by atoms with van der Waals surface area (Å²) in [6.45, 7) is 9.96. The predicted molar refractivity (Wildman–Crippen MR) is 148 cm³/mol. The first kappa shape index (κ1) is 28.1. The standard InChI is InChI=1S/C29H38F2N6O3/c1-6-12-39-18-37-24-9-11-35(28(38)40-29(2,3)4)17-23(24)27(33-37)36-10-7-8-19-13-21(20-15-32-34(5)16-20)22(26(30)31)14-25(19)36/h13-16,26H,6-12,17-18H2,1-5H3. The third kappa shape index (κ3) is 5.70. The molecular weight excluding hydrogens is 518 g/mol. The number of ether oxygens (including phenoxy) is 2. The maximum atomic E-state index is 14.4. The summed E-state index contributed by atoms with van der Waals surface area (Å²) >= 11 is 0. The first-order chi connectivity index (χ1) is 19.1. The number of carbonyl (C=O) groups excluding carboxylic acids is 1. The Hall–Kier alpha value is -3.47. The van der Waals surface area contributed by atoms with Crippen LogP contribution in [0.2, 0.25) is 0 Å². The number of aromatic nitrogens is 4. The minimum absolute atomic E-state index is 0.0337. The second-order valence-corrected chi connectivity index (χ2v) is 11.5. The van der Waals surface area contributed by atoms with Gasteiger partial charge in [-0.1, -0.05) is 6.92 Å². The van der Waals surface area contributed by atoms with Crippen LogP contribution >= 0.6 is 0 Å². The van der Waals surface area contributed by atoms with Gasteiger partial charge in [0.25, 0.3) is 6.43 Å². The lowest BCUT2D eigenvalue weighted by atomic mass is 9.93. The average molecular weight is 557 g/mol. The smallest absolute Gasteiger partial charge is 0.410 e. The molecule has 0 bridgehead atoms. The molecule has 3 aromatic rings. The van der Waals surface area contributed by atoms with Crippen molar-refractivity contribution in [2.75, 3.05) is 24.6 Å². The van der Waals surface area contributed by atoms with Crippen LogP contribution in [0, 0.1) is 0 Å². The van der Waals surface area contributed by atoms with Gasteiger partial charge in [0.15, 0.2) is 5.82 Å². The summed E-state index contributed by atoms with van der Waals surface area (Å²) in [4.78, 5) is 16.7. The van der Waals surface area contributed by atoms with Gasteiger partial charge >= 0.3 is 6.09 Å². The molecule has 0 saturated heterocycles. The number of benzene rings is 1.